The molecule has 1 heteroatoms. The third-order valence-electron chi connectivity index (χ3n) is 6.01. The minimum atomic E-state index is 1.16. The van der Waals surface area contributed by atoms with Crippen LogP contribution in [0.15, 0.2) is 127 Å². The van der Waals surface area contributed by atoms with Gasteiger partial charge < -0.3 is 4.90 Å². The maximum absolute atomic E-state index is 2.40. The Morgan fingerprint density at radius 2 is 0.757 bits per heavy atom. The van der Waals surface area contributed by atoms with E-state index in [1.807, 2.05) is 41.5 Å². The molecule has 0 aliphatic heterocycles. The summed E-state index contributed by atoms with van der Waals surface area (Å²) in [7, 11) is 0. The lowest BCUT2D eigenvalue weighted by molar-refractivity contribution is 1.32. The average molecular weight is 486 g/mol. The molecule has 6 aromatic carbocycles. The molecule has 0 aliphatic carbocycles. The summed E-state index contributed by atoms with van der Waals surface area (Å²) < 4.78 is 0. The summed E-state index contributed by atoms with van der Waals surface area (Å²) in [6.07, 6.45) is 0. The van der Waals surface area contributed by atoms with E-state index in [-0.39, 0.29) is 0 Å². The molecule has 6 rings (SSSR count). The summed E-state index contributed by atoms with van der Waals surface area (Å²) in [6.45, 7) is 12.0. The molecule has 1 nitrogen and oxygen atoms in total. The van der Waals surface area contributed by atoms with E-state index < -0.39 is 0 Å². The van der Waals surface area contributed by atoms with Crippen molar-refractivity contribution >= 4 is 49.4 Å². The van der Waals surface area contributed by atoms with Gasteiger partial charge in [-0.25, -0.2) is 0 Å². The lowest BCUT2D eigenvalue weighted by atomic mass is 10.0. The first-order valence-electron chi connectivity index (χ1n) is 13.6. The van der Waals surface area contributed by atoms with Crippen LogP contribution in [0, 0.1) is 0 Å². The monoisotopic (exact) mass is 485 g/mol. The summed E-state index contributed by atoms with van der Waals surface area (Å²) in [5.41, 5.74) is 3.53. The van der Waals surface area contributed by atoms with Crippen LogP contribution < -0.4 is 4.90 Å². The Morgan fingerprint density at radius 1 is 0.351 bits per heavy atom. The van der Waals surface area contributed by atoms with Gasteiger partial charge in [-0.2, -0.15) is 0 Å². The second-order valence-electron chi connectivity index (χ2n) is 7.86. The van der Waals surface area contributed by atoms with E-state index in [4.69, 9.17) is 0 Å². The second-order valence-corrected chi connectivity index (χ2v) is 7.86. The van der Waals surface area contributed by atoms with Crippen molar-refractivity contribution in [3.8, 4) is 0 Å². The molecule has 0 aromatic heterocycles. The first-order chi connectivity index (χ1) is 18.4. The van der Waals surface area contributed by atoms with Gasteiger partial charge in [-0.3, -0.25) is 0 Å². The van der Waals surface area contributed by atoms with Crippen LogP contribution in [0.25, 0.3) is 32.3 Å². The van der Waals surface area contributed by atoms with Gasteiger partial charge in [0.05, 0.1) is 11.4 Å². The number of hydrogen-bond donors (Lipinski definition) is 0. The molecule has 188 valence electrons. The van der Waals surface area contributed by atoms with E-state index in [9.17, 15) is 0 Å². The van der Waals surface area contributed by atoms with Crippen LogP contribution in [0.3, 0.4) is 0 Å². The first-order valence-corrected chi connectivity index (χ1v) is 13.6. The maximum atomic E-state index is 2.40. The lowest BCUT2D eigenvalue weighted by Crippen LogP contribution is -2.11. The molecular formula is C36H39N. The highest BCUT2D eigenvalue weighted by Gasteiger charge is 2.17. The zero-order chi connectivity index (χ0) is 26.6. The fraction of sp³-hybridized carbons (Fsp3) is 0.167. The molecule has 0 spiro atoms. The van der Waals surface area contributed by atoms with Gasteiger partial charge in [0.2, 0.25) is 0 Å². The van der Waals surface area contributed by atoms with Crippen LogP contribution in [0.4, 0.5) is 17.1 Å². The van der Waals surface area contributed by atoms with Crippen LogP contribution in [-0.2, 0) is 0 Å². The van der Waals surface area contributed by atoms with Crippen molar-refractivity contribution < 1.29 is 0 Å². The Hall–Kier alpha value is -4.10. The normalized spacial score (nSPS) is 9.89. The number of anilines is 3. The Kier molecular flexibility index (Phi) is 10.3. The standard InChI is InChI=1S/C30H21N.3C2H6/c1-2-12-25-21-26(20-19-22(25)9-1)31(29-17-7-13-23-10-3-5-15-27(23)29)30-18-8-14-24-11-4-6-16-28(24)30;3*1-2/h1-21H;3*1-2H3. The van der Waals surface area contributed by atoms with Crippen LogP contribution in [0.5, 0.6) is 0 Å². The summed E-state index contributed by atoms with van der Waals surface area (Å²) in [5, 5.41) is 7.46. The molecule has 0 amide bonds. The van der Waals surface area contributed by atoms with Gasteiger partial charge in [0.25, 0.3) is 0 Å². The predicted octanol–water partition coefficient (Wildman–Crippen LogP) is 11.7. The highest BCUT2D eigenvalue weighted by molar-refractivity contribution is 6.05. The van der Waals surface area contributed by atoms with E-state index in [1.165, 1.54) is 43.7 Å². The molecule has 0 N–H and O–H groups in total. The molecule has 0 heterocycles. The van der Waals surface area contributed by atoms with E-state index >= 15 is 0 Å². The van der Waals surface area contributed by atoms with Crippen molar-refractivity contribution in [2.45, 2.75) is 41.5 Å². The molecule has 0 radical (unpaired) electrons. The smallest absolute Gasteiger partial charge is 0.0540 e. The Morgan fingerprint density at radius 3 is 1.27 bits per heavy atom. The lowest BCUT2D eigenvalue weighted by Gasteiger charge is -2.28. The van der Waals surface area contributed by atoms with Crippen molar-refractivity contribution in [1.29, 1.82) is 0 Å². The third-order valence-corrected chi connectivity index (χ3v) is 6.01. The van der Waals surface area contributed by atoms with Crippen LogP contribution in [0.1, 0.15) is 41.5 Å². The summed E-state index contributed by atoms with van der Waals surface area (Å²) in [5.74, 6) is 0. The zero-order valence-corrected chi connectivity index (χ0v) is 23.1. The highest BCUT2D eigenvalue weighted by Crippen LogP contribution is 2.42. The van der Waals surface area contributed by atoms with Crippen LogP contribution in [0.2, 0.25) is 0 Å². The van der Waals surface area contributed by atoms with E-state index in [2.05, 4.69) is 132 Å². The minimum Gasteiger partial charge on any atom is -0.309 e. The maximum Gasteiger partial charge on any atom is 0.0540 e. The quantitative estimate of drug-likeness (QED) is 0.241. The van der Waals surface area contributed by atoms with Gasteiger partial charge in [-0.1, -0.05) is 145 Å². The first kappa shape index (κ1) is 27.5. The third kappa shape index (κ3) is 5.84. The van der Waals surface area contributed by atoms with Crippen molar-refractivity contribution in [3.05, 3.63) is 127 Å². The van der Waals surface area contributed by atoms with Crippen molar-refractivity contribution in [2.75, 3.05) is 4.90 Å². The number of rotatable bonds is 3. The Labute approximate surface area is 223 Å². The second kappa shape index (κ2) is 13.8. The number of nitrogens with zero attached hydrogens (tertiary/aromatic N) is 1. The topological polar surface area (TPSA) is 3.24 Å². The molecule has 0 unspecified atom stereocenters. The molecule has 0 bridgehead atoms. The highest BCUT2D eigenvalue weighted by atomic mass is 15.1. The zero-order valence-electron chi connectivity index (χ0n) is 23.1. The van der Waals surface area contributed by atoms with Gasteiger partial charge in [0.1, 0.15) is 0 Å². The summed E-state index contributed by atoms with van der Waals surface area (Å²) in [4.78, 5) is 2.40. The molecule has 0 saturated carbocycles. The van der Waals surface area contributed by atoms with E-state index in [0.717, 1.165) is 5.69 Å². The molecule has 0 fully saturated rings. The van der Waals surface area contributed by atoms with Crippen LogP contribution in [-0.4, -0.2) is 0 Å². The molecular weight excluding hydrogens is 446 g/mol. The summed E-state index contributed by atoms with van der Waals surface area (Å²) >= 11 is 0. The Bertz CT molecular complexity index is 1460. The SMILES string of the molecule is CC.CC.CC.c1ccc2cc(N(c3cccc4ccccc34)c3cccc4ccccc34)ccc2c1. The van der Waals surface area contributed by atoms with Crippen molar-refractivity contribution in [3.63, 3.8) is 0 Å². The fourth-order valence-electron chi connectivity index (χ4n) is 4.53. The Balaban J connectivity index is 0.000000593. The molecule has 37 heavy (non-hydrogen) atoms. The van der Waals surface area contributed by atoms with E-state index in [0.29, 0.717) is 0 Å². The molecule has 0 aliphatic rings. The molecule has 0 saturated heterocycles. The van der Waals surface area contributed by atoms with Crippen molar-refractivity contribution in [2.24, 2.45) is 0 Å². The van der Waals surface area contributed by atoms with Gasteiger partial charge in [0.15, 0.2) is 0 Å². The largest absolute Gasteiger partial charge is 0.309 e. The van der Waals surface area contributed by atoms with Crippen LogP contribution >= 0.6 is 0 Å². The molecule has 6 aromatic rings. The average Bonchev–Trinajstić information content (AvgIpc) is 3.00. The van der Waals surface area contributed by atoms with Gasteiger partial charge in [-0.05, 0) is 45.8 Å². The van der Waals surface area contributed by atoms with Gasteiger partial charge >= 0.3 is 0 Å². The number of benzene rings is 6. The predicted molar refractivity (Wildman–Crippen MR) is 168 cm³/mol. The van der Waals surface area contributed by atoms with Crippen molar-refractivity contribution in [1.82, 2.24) is 0 Å². The van der Waals surface area contributed by atoms with Gasteiger partial charge in [0, 0.05) is 16.5 Å². The fourth-order valence-corrected chi connectivity index (χ4v) is 4.53. The number of fused-ring (bicyclic) bond motifs is 3. The summed E-state index contributed by atoms with van der Waals surface area (Å²) in [6, 6.07) is 45.6. The number of hydrogen-bond acceptors (Lipinski definition) is 1. The van der Waals surface area contributed by atoms with E-state index in [1.54, 1.807) is 0 Å². The molecule has 0 atom stereocenters. The van der Waals surface area contributed by atoms with Gasteiger partial charge in [-0.15, -0.1) is 0 Å². The minimum absolute atomic E-state index is 1.16.